The van der Waals surface area contributed by atoms with Gasteiger partial charge in [0.2, 0.25) is 0 Å². The van der Waals surface area contributed by atoms with Gasteiger partial charge in [-0.25, -0.2) is 4.99 Å². The minimum absolute atomic E-state index is 0.0831. The van der Waals surface area contributed by atoms with Crippen LogP contribution in [0.15, 0.2) is 96.0 Å². The van der Waals surface area contributed by atoms with Gasteiger partial charge in [-0.15, -0.1) is 0 Å². The van der Waals surface area contributed by atoms with Crippen molar-refractivity contribution in [2.45, 2.75) is 30.7 Å². The van der Waals surface area contributed by atoms with E-state index in [1.807, 2.05) is 0 Å². The molecular formula is C30H16F12N2. The van der Waals surface area contributed by atoms with Crippen molar-refractivity contribution < 1.29 is 52.7 Å². The normalized spacial score (nSPS) is 16.0. The molecule has 1 unspecified atom stereocenters. The molecule has 2 nitrogen and oxygen atoms in total. The van der Waals surface area contributed by atoms with Gasteiger partial charge in [0.15, 0.2) is 0 Å². The lowest BCUT2D eigenvalue weighted by Gasteiger charge is -2.41. The Morgan fingerprint density at radius 3 is 1.48 bits per heavy atom. The van der Waals surface area contributed by atoms with Crippen LogP contribution in [-0.2, 0) is 24.7 Å². The number of aliphatic imine (C=N–C) groups is 1. The molecule has 0 saturated carbocycles. The van der Waals surface area contributed by atoms with E-state index >= 15 is 0 Å². The Kier molecular flexibility index (Phi) is 7.45. The molecule has 0 spiro atoms. The lowest BCUT2D eigenvalue weighted by atomic mass is 9.89. The SMILES string of the molecule is FC(F)(F)c1cc(N2c3c(cc(C(F)(F)F)cc3C(F)(F)F)N=C(c3ccccc3)C2c2ccccc2)cc(C(F)(F)F)c1. The summed E-state index contributed by atoms with van der Waals surface area (Å²) in [5, 5.41) is 0. The van der Waals surface area contributed by atoms with Crippen LogP contribution >= 0.6 is 0 Å². The monoisotopic (exact) mass is 632 g/mol. The second-order valence-corrected chi connectivity index (χ2v) is 9.70. The molecular weight excluding hydrogens is 616 g/mol. The molecule has 1 heterocycles. The first-order chi connectivity index (χ1) is 20.4. The first-order valence-corrected chi connectivity index (χ1v) is 12.5. The fourth-order valence-corrected chi connectivity index (χ4v) is 4.91. The molecule has 4 aromatic rings. The maximum absolute atomic E-state index is 14.5. The molecule has 1 aliphatic rings. The zero-order valence-corrected chi connectivity index (χ0v) is 21.7. The topological polar surface area (TPSA) is 15.6 Å². The number of hydrogen-bond donors (Lipinski definition) is 0. The summed E-state index contributed by atoms with van der Waals surface area (Å²) >= 11 is 0. The maximum atomic E-state index is 14.5. The van der Waals surface area contributed by atoms with Crippen LogP contribution < -0.4 is 4.90 Å². The summed E-state index contributed by atoms with van der Waals surface area (Å²) in [6.07, 6.45) is -21.6. The number of halogens is 12. The largest absolute Gasteiger partial charge is 0.418 e. The third-order valence-electron chi connectivity index (χ3n) is 6.76. The molecule has 0 aromatic heterocycles. The van der Waals surface area contributed by atoms with Crippen LogP contribution in [0, 0.1) is 0 Å². The Labute approximate surface area is 240 Å². The summed E-state index contributed by atoms with van der Waals surface area (Å²) < 4.78 is 168. The molecule has 0 N–H and O–H groups in total. The molecule has 14 heteroatoms. The fourth-order valence-electron chi connectivity index (χ4n) is 4.91. The Hall–Kier alpha value is -4.49. The van der Waals surface area contributed by atoms with E-state index < -0.39 is 70.1 Å². The highest BCUT2D eigenvalue weighted by Crippen LogP contribution is 2.54. The number of alkyl halides is 12. The molecule has 5 rings (SSSR count). The molecule has 0 bridgehead atoms. The van der Waals surface area contributed by atoms with Gasteiger partial charge in [0.25, 0.3) is 0 Å². The maximum Gasteiger partial charge on any atom is 0.418 e. The van der Waals surface area contributed by atoms with Gasteiger partial charge in [0, 0.05) is 5.69 Å². The summed E-state index contributed by atoms with van der Waals surface area (Å²) in [5.41, 5.74) is -10.5. The Bertz CT molecular complexity index is 1670. The first-order valence-electron chi connectivity index (χ1n) is 12.5. The van der Waals surface area contributed by atoms with Crippen LogP contribution in [0.2, 0.25) is 0 Å². The van der Waals surface area contributed by atoms with Crippen LogP contribution in [0.4, 0.5) is 69.7 Å². The highest BCUT2D eigenvalue weighted by atomic mass is 19.4. The van der Waals surface area contributed by atoms with Gasteiger partial charge in [-0.1, -0.05) is 60.7 Å². The van der Waals surface area contributed by atoms with E-state index in [1.165, 1.54) is 54.6 Å². The van der Waals surface area contributed by atoms with Crippen LogP contribution in [0.5, 0.6) is 0 Å². The van der Waals surface area contributed by atoms with Crippen molar-refractivity contribution in [2.24, 2.45) is 4.99 Å². The Morgan fingerprint density at radius 1 is 0.523 bits per heavy atom. The zero-order chi connectivity index (χ0) is 32.2. The van der Waals surface area contributed by atoms with Crippen molar-refractivity contribution in [3.05, 3.63) is 124 Å². The summed E-state index contributed by atoms with van der Waals surface area (Å²) in [7, 11) is 0. The van der Waals surface area contributed by atoms with E-state index in [1.54, 1.807) is 6.07 Å². The van der Waals surface area contributed by atoms with Crippen molar-refractivity contribution in [2.75, 3.05) is 4.90 Å². The summed E-state index contributed by atoms with van der Waals surface area (Å²) in [5.74, 6) is 0. The van der Waals surface area contributed by atoms with Gasteiger partial charge in [0.05, 0.1) is 39.3 Å². The minimum atomic E-state index is -5.54. The third-order valence-corrected chi connectivity index (χ3v) is 6.76. The van der Waals surface area contributed by atoms with Crippen LogP contribution in [-0.4, -0.2) is 5.71 Å². The molecule has 0 fully saturated rings. The van der Waals surface area contributed by atoms with E-state index in [-0.39, 0.29) is 47.2 Å². The smallest absolute Gasteiger partial charge is 0.326 e. The Balaban J connectivity index is 1.98. The average molecular weight is 632 g/mol. The van der Waals surface area contributed by atoms with Crippen molar-refractivity contribution in [3.63, 3.8) is 0 Å². The molecule has 0 amide bonds. The van der Waals surface area contributed by atoms with Gasteiger partial charge in [-0.05, 0) is 41.5 Å². The van der Waals surface area contributed by atoms with Crippen LogP contribution in [0.1, 0.15) is 39.4 Å². The molecule has 4 aromatic carbocycles. The highest BCUT2D eigenvalue weighted by Gasteiger charge is 2.46. The number of rotatable bonds is 3. The van der Waals surface area contributed by atoms with E-state index in [2.05, 4.69) is 4.99 Å². The second kappa shape index (κ2) is 10.6. The number of nitrogens with zero attached hydrogens (tertiary/aromatic N) is 2. The summed E-state index contributed by atoms with van der Waals surface area (Å²) in [6, 6.07) is 13.0. The van der Waals surface area contributed by atoms with Crippen LogP contribution in [0.3, 0.4) is 0 Å². The van der Waals surface area contributed by atoms with E-state index in [9.17, 15) is 52.7 Å². The molecule has 44 heavy (non-hydrogen) atoms. The quantitative estimate of drug-likeness (QED) is 0.205. The molecule has 1 aliphatic heterocycles. The van der Waals surface area contributed by atoms with E-state index in [0.717, 1.165) is 0 Å². The number of benzene rings is 4. The number of anilines is 2. The lowest BCUT2D eigenvalue weighted by Crippen LogP contribution is -2.35. The Morgan fingerprint density at radius 2 is 1.00 bits per heavy atom. The molecule has 230 valence electrons. The molecule has 0 aliphatic carbocycles. The van der Waals surface area contributed by atoms with Gasteiger partial charge in [-0.3, -0.25) is 0 Å². The summed E-state index contributed by atoms with van der Waals surface area (Å²) in [4.78, 5) is 4.71. The fraction of sp³-hybridized carbons (Fsp3) is 0.167. The zero-order valence-electron chi connectivity index (χ0n) is 21.7. The molecule has 1 atom stereocenters. The third kappa shape index (κ3) is 5.97. The van der Waals surface area contributed by atoms with Crippen molar-refractivity contribution >= 4 is 22.8 Å². The number of fused-ring (bicyclic) bond motifs is 1. The van der Waals surface area contributed by atoms with Gasteiger partial charge < -0.3 is 4.90 Å². The van der Waals surface area contributed by atoms with Gasteiger partial charge >= 0.3 is 24.7 Å². The van der Waals surface area contributed by atoms with Gasteiger partial charge in [-0.2, -0.15) is 52.7 Å². The first kappa shape index (κ1) is 31.0. The second-order valence-electron chi connectivity index (χ2n) is 9.70. The average Bonchev–Trinajstić information content (AvgIpc) is 2.94. The predicted octanol–water partition coefficient (Wildman–Crippen LogP) is 10.8. The predicted molar refractivity (Wildman–Crippen MR) is 137 cm³/mol. The lowest BCUT2D eigenvalue weighted by molar-refractivity contribution is -0.144. The standard InChI is InChI=1S/C30H16F12N2/c31-27(32,33)18-11-19(28(34,35)36)13-21(12-18)44-25(17-9-5-2-6-10-17)24(16-7-3-1-4-8-16)43-23-15-20(29(37,38)39)14-22(26(23)44)30(40,41)42/h1-15,25H. The minimum Gasteiger partial charge on any atom is -0.326 e. The van der Waals surface area contributed by atoms with Crippen LogP contribution in [0.25, 0.3) is 0 Å². The van der Waals surface area contributed by atoms with Crippen molar-refractivity contribution in [1.29, 1.82) is 0 Å². The number of hydrogen-bond acceptors (Lipinski definition) is 2. The highest BCUT2D eigenvalue weighted by molar-refractivity contribution is 6.12. The van der Waals surface area contributed by atoms with Gasteiger partial charge in [0.1, 0.15) is 6.04 Å². The van der Waals surface area contributed by atoms with Crippen molar-refractivity contribution in [3.8, 4) is 0 Å². The van der Waals surface area contributed by atoms with Crippen molar-refractivity contribution in [1.82, 2.24) is 0 Å². The molecule has 0 saturated heterocycles. The summed E-state index contributed by atoms with van der Waals surface area (Å²) in [6.45, 7) is 0. The molecule has 0 radical (unpaired) electrons. The van der Waals surface area contributed by atoms with E-state index in [0.29, 0.717) is 4.90 Å². The van der Waals surface area contributed by atoms with E-state index in [4.69, 9.17) is 0 Å².